The topological polar surface area (TPSA) is 99.2 Å². The summed E-state index contributed by atoms with van der Waals surface area (Å²) in [6, 6.07) is 17.2. The molecule has 1 aliphatic rings. The molecule has 3 aromatic rings. The molecule has 2 aromatic carbocycles. The number of benzene rings is 2. The molecule has 1 fully saturated rings. The van der Waals surface area contributed by atoms with Crippen LogP contribution in [0.3, 0.4) is 0 Å². The van der Waals surface area contributed by atoms with Crippen LogP contribution in [0.1, 0.15) is 31.2 Å². The van der Waals surface area contributed by atoms with Crippen molar-refractivity contribution in [3.05, 3.63) is 66.8 Å². The molecule has 1 N–H and O–H groups in total. The van der Waals surface area contributed by atoms with Crippen molar-refractivity contribution in [3.8, 4) is 17.3 Å². The zero-order chi connectivity index (χ0) is 23.2. The van der Waals surface area contributed by atoms with Gasteiger partial charge in [-0.2, -0.15) is 5.26 Å². The maximum Gasteiger partial charge on any atom is 0.244 e. The number of nitrogens with zero attached hydrogens (tertiary/aromatic N) is 3. The van der Waals surface area contributed by atoms with Crippen LogP contribution >= 0.6 is 0 Å². The van der Waals surface area contributed by atoms with E-state index in [1.165, 1.54) is 6.39 Å². The van der Waals surface area contributed by atoms with Gasteiger partial charge >= 0.3 is 0 Å². The van der Waals surface area contributed by atoms with Crippen LogP contribution < -0.4 is 10.2 Å². The molecule has 0 aliphatic heterocycles. The van der Waals surface area contributed by atoms with Crippen molar-refractivity contribution < 1.29 is 14.0 Å². The second-order valence-corrected chi connectivity index (χ2v) is 8.44. The number of amides is 2. The number of aryl methyl sites for hydroxylation is 1. The molecule has 0 saturated heterocycles. The summed E-state index contributed by atoms with van der Waals surface area (Å²) >= 11 is 0. The average Bonchev–Trinajstić information content (AvgIpc) is 3.38. The minimum absolute atomic E-state index is 0.0189. The Labute approximate surface area is 193 Å². The lowest BCUT2D eigenvalue weighted by Crippen LogP contribution is -2.42. The van der Waals surface area contributed by atoms with E-state index in [1.54, 1.807) is 23.3 Å². The fraction of sp³-hybridized carbons (Fsp3) is 0.308. The summed E-state index contributed by atoms with van der Waals surface area (Å²) < 4.78 is 5.01. The molecule has 7 nitrogen and oxygen atoms in total. The van der Waals surface area contributed by atoms with Crippen LogP contribution in [-0.2, 0) is 9.59 Å². The molecule has 2 amide bonds. The number of anilines is 2. The predicted octanol–water partition coefficient (Wildman–Crippen LogP) is 4.95. The number of aromatic nitrogens is 1. The number of hydrogen-bond donors (Lipinski definition) is 1. The van der Waals surface area contributed by atoms with Crippen molar-refractivity contribution in [2.24, 2.45) is 11.8 Å². The number of carbonyl (C=O) groups excluding carboxylic acids is 2. The van der Waals surface area contributed by atoms with Gasteiger partial charge in [-0.05, 0) is 56.9 Å². The van der Waals surface area contributed by atoms with Gasteiger partial charge in [0.15, 0.2) is 6.39 Å². The van der Waals surface area contributed by atoms with Gasteiger partial charge in [0, 0.05) is 28.8 Å². The summed E-state index contributed by atoms with van der Waals surface area (Å²) in [6.07, 6.45) is 5.71. The quantitative estimate of drug-likeness (QED) is 0.582. The maximum absolute atomic E-state index is 13.4. The van der Waals surface area contributed by atoms with E-state index >= 15 is 0 Å². The highest BCUT2D eigenvalue weighted by atomic mass is 16.3. The highest BCUT2D eigenvalue weighted by molar-refractivity contribution is 6.03. The molecule has 4 rings (SSSR count). The van der Waals surface area contributed by atoms with Gasteiger partial charge in [0.25, 0.3) is 0 Å². The standard InChI is InChI=1S/C26H26N4O3/c1-18-2-12-23(13-3-18)30(26(32)21-6-4-19(14-27)5-7-21)15-25(31)29-22-10-8-20(9-11-22)24-16-33-17-28-24/h2-3,8-13,16-17,19,21H,4-7,15H2,1H3,(H,29,31)/t19-,21-. The number of nitriles is 1. The van der Waals surface area contributed by atoms with Gasteiger partial charge in [-0.3, -0.25) is 9.59 Å². The Balaban J connectivity index is 1.46. The first-order chi connectivity index (χ1) is 16.0. The molecular formula is C26H26N4O3. The molecular weight excluding hydrogens is 416 g/mol. The third kappa shape index (κ3) is 5.47. The highest BCUT2D eigenvalue weighted by Crippen LogP contribution is 2.31. The van der Waals surface area contributed by atoms with E-state index in [0.717, 1.165) is 29.7 Å². The average molecular weight is 443 g/mol. The normalized spacial score (nSPS) is 17.7. The molecule has 1 aromatic heterocycles. The van der Waals surface area contributed by atoms with Crippen LogP contribution in [0.15, 0.2) is 65.6 Å². The van der Waals surface area contributed by atoms with E-state index in [-0.39, 0.29) is 30.2 Å². The lowest BCUT2D eigenvalue weighted by atomic mass is 9.82. The molecule has 0 radical (unpaired) electrons. The Morgan fingerprint density at radius 1 is 1.09 bits per heavy atom. The fourth-order valence-electron chi connectivity index (χ4n) is 4.13. The zero-order valence-electron chi connectivity index (χ0n) is 18.5. The van der Waals surface area contributed by atoms with Crippen LogP contribution in [0, 0.1) is 30.1 Å². The van der Waals surface area contributed by atoms with Crippen LogP contribution in [0.4, 0.5) is 11.4 Å². The Kier molecular flexibility index (Phi) is 6.84. The van der Waals surface area contributed by atoms with Crippen molar-refractivity contribution in [1.29, 1.82) is 5.26 Å². The molecule has 1 heterocycles. The van der Waals surface area contributed by atoms with Crippen molar-refractivity contribution >= 4 is 23.2 Å². The van der Waals surface area contributed by atoms with Crippen molar-refractivity contribution in [2.75, 3.05) is 16.8 Å². The Morgan fingerprint density at radius 2 is 1.79 bits per heavy atom. The third-order valence-electron chi connectivity index (χ3n) is 6.07. The van der Waals surface area contributed by atoms with E-state index in [0.29, 0.717) is 24.2 Å². The van der Waals surface area contributed by atoms with Crippen LogP contribution in [-0.4, -0.2) is 23.3 Å². The fourth-order valence-corrected chi connectivity index (χ4v) is 4.13. The van der Waals surface area contributed by atoms with Gasteiger partial charge < -0.3 is 14.6 Å². The number of carbonyl (C=O) groups is 2. The summed E-state index contributed by atoms with van der Waals surface area (Å²) in [6.45, 7) is 1.90. The molecule has 33 heavy (non-hydrogen) atoms. The van der Waals surface area contributed by atoms with Gasteiger partial charge in [0.1, 0.15) is 18.5 Å². The number of oxazole rings is 1. The first kappa shape index (κ1) is 22.3. The zero-order valence-corrected chi connectivity index (χ0v) is 18.5. The van der Waals surface area contributed by atoms with Gasteiger partial charge in [0.2, 0.25) is 11.8 Å². The second kappa shape index (κ2) is 10.1. The van der Waals surface area contributed by atoms with Crippen molar-refractivity contribution in [2.45, 2.75) is 32.6 Å². The summed E-state index contributed by atoms with van der Waals surface area (Å²) in [4.78, 5) is 32.0. The van der Waals surface area contributed by atoms with E-state index in [1.807, 2.05) is 43.3 Å². The molecule has 1 aliphatic carbocycles. The van der Waals surface area contributed by atoms with Gasteiger partial charge in [-0.15, -0.1) is 0 Å². The largest absolute Gasteiger partial charge is 0.451 e. The SMILES string of the molecule is Cc1ccc(N(CC(=O)Nc2ccc(-c3cocn3)cc2)C(=O)[C@H]2CC[C@H](C#N)CC2)cc1. The Hall–Kier alpha value is -3.92. The molecule has 0 atom stereocenters. The molecule has 0 unspecified atom stereocenters. The number of hydrogen-bond acceptors (Lipinski definition) is 5. The molecule has 0 bridgehead atoms. The van der Waals surface area contributed by atoms with E-state index in [4.69, 9.17) is 9.68 Å². The number of nitrogens with one attached hydrogen (secondary N) is 1. The van der Waals surface area contributed by atoms with Gasteiger partial charge in [0.05, 0.1) is 6.07 Å². The molecule has 7 heteroatoms. The Bertz CT molecular complexity index is 1120. The summed E-state index contributed by atoms with van der Waals surface area (Å²) in [7, 11) is 0. The van der Waals surface area contributed by atoms with Crippen LogP contribution in [0.5, 0.6) is 0 Å². The monoisotopic (exact) mass is 442 g/mol. The van der Waals surface area contributed by atoms with Crippen molar-refractivity contribution in [3.63, 3.8) is 0 Å². The first-order valence-corrected chi connectivity index (χ1v) is 11.1. The van der Waals surface area contributed by atoms with E-state index in [9.17, 15) is 9.59 Å². The van der Waals surface area contributed by atoms with Crippen molar-refractivity contribution in [1.82, 2.24) is 4.98 Å². The summed E-state index contributed by atoms with van der Waals surface area (Å²) in [5, 5.41) is 12.0. The van der Waals surface area contributed by atoms with E-state index in [2.05, 4.69) is 16.4 Å². The van der Waals surface area contributed by atoms with Gasteiger partial charge in [-0.25, -0.2) is 4.98 Å². The summed E-state index contributed by atoms with van der Waals surface area (Å²) in [5.41, 5.74) is 4.02. The minimum Gasteiger partial charge on any atom is -0.451 e. The molecule has 168 valence electrons. The number of rotatable bonds is 6. The highest BCUT2D eigenvalue weighted by Gasteiger charge is 2.31. The van der Waals surface area contributed by atoms with Crippen LogP contribution in [0.2, 0.25) is 0 Å². The maximum atomic E-state index is 13.4. The molecule has 0 spiro atoms. The van der Waals surface area contributed by atoms with Crippen LogP contribution in [0.25, 0.3) is 11.3 Å². The molecule has 1 saturated carbocycles. The predicted molar refractivity (Wildman–Crippen MR) is 125 cm³/mol. The summed E-state index contributed by atoms with van der Waals surface area (Å²) in [5.74, 6) is -0.494. The van der Waals surface area contributed by atoms with E-state index < -0.39 is 0 Å². The smallest absolute Gasteiger partial charge is 0.244 e. The lowest BCUT2D eigenvalue weighted by molar-refractivity contribution is -0.125. The lowest BCUT2D eigenvalue weighted by Gasteiger charge is -2.30. The third-order valence-corrected chi connectivity index (χ3v) is 6.07. The minimum atomic E-state index is -0.274. The second-order valence-electron chi connectivity index (χ2n) is 8.44. The first-order valence-electron chi connectivity index (χ1n) is 11.1. The van der Waals surface area contributed by atoms with Gasteiger partial charge in [-0.1, -0.05) is 29.8 Å². The Morgan fingerprint density at radius 3 is 2.39 bits per heavy atom.